The van der Waals surface area contributed by atoms with Gasteiger partial charge in [-0.1, -0.05) is 0 Å². The molecule has 2 aromatic heterocycles. The van der Waals surface area contributed by atoms with E-state index in [9.17, 15) is 9.59 Å². The summed E-state index contributed by atoms with van der Waals surface area (Å²) in [5.74, 6) is -0.572. The molecule has 9 heteroatoms. The first-order valence-electron chi connectivity index (χ1n) is 6.72. The number of hydrogen-bond acceptors (Lipinski definition) is 8. The van der Waals surface area contributed by atoms with Crippen LogP contribution >= 0.6 is 0 Å². The number of benzene rings is 1. The number of nitrogens with zero attached hydrogens (tertiary/aromatic N) is 3. The van der Waals surface area contributed by atoms with E-state index < -0.39 is 11.9 Å². The maximum atomic E-state index is 12.0. The van der Waals surface area contributed by atoms with Crippen LogP contribution < -0.4 is 15.8 Å². The number of hydrogen-bond donors (Lipinski definition) is 2. The smallest absolute Gasteiger partial charge is 0.363 e. The Hall–Kier alpha value is -3.75. The number of anilines is 2. The number of carbonyl (C=O) groups is 2. The number of nitrogens with two attached hydrogens (primary N) is 1. The summed E-state index contributed by atoms with van der Waals surface area (Å²) >= 11 is 0. The van der Waals surface area contributed by atoms with E-state index >= 15 is 0 Å². The van der Waals surface area contributed by atoms with E-state index in [-0.39, 0.29) is 23.3 Å². The predicted molar refractivity (Wildman–Crippen MR) is 82.3 cm³/mol. The molecule has 1 aromatic carbocycles. The maximum absolute atomic E-state index is 12.0. The van der Waals surface area contributed by atoms with Crippen LogP contribution in [0.1, 0.15) is 20.8 Å². The molecule has 1 amide bonds. The molecule has 3 aromatic rings. The molecule has 0 atom stereocenters. The fourth-order valence-corrected chi connectivity index (χ4v) is 1.77. The van der Waals surface area contributed by atoms with Gasteiger partial charge < -0.3 is 20.2 Å². The minimum atomic E-state index is -0.640. The van der Waals surface area contributed by atoms with Crippen molar-refractivity contribution in [2.45, 2.75) is 0 Å². The van der Waals surface area contributed by atoms with Crippen molar-refractivity contribution in [2.75, 3.05) is 11.1 Å². The van der Waals surface area contributed by atoms with Gasteiger partial charge in [0.05, 0.1) is 6.20 Å². The van der Waals surface area contributed by atoms with Gasteiger partial charge in [-0.2, -0.15) is 4.98 Å². The number of ether oxygens (including phenoxy) is 1. The summed E-state index contributed by atoms with van der Waals surface area (Å²) in [4.78, 5) is 35.3. The van der Waals surface area contributed by atoms with Crippen molar-refractivity contribution >= 4 is 23.7 Å². The first-order chi connectivity index (χ1) is 11.6. The number of rotatable bonds is 4. The van der Waals surface area contributed by atoms with Gasteiger partial charge in [0.25, 0.3) is 11.9 Å². The van der Waals surface area contributed by atoms with Crippen LogP contribution in [-0.2, 0) is 0 Å². The Labute approximate surface area is 135 Å². The highest BCUT2D eigenvalue weighted by Crippen LogP contribution is 2.15. The van der Waals surface area contributed by atoms with E-state index in [1.807, 2.05) is 0 Å². The molecule has 0 fully saturated rings. The Kier molecular flexibility index (Phi) is 4.15. The summed E-state index contributed by atoms with van der Waals surface area (Å²) in [6.07, 6.45) is 5.37. The molecule has 0 spiro atoms. The Morgan fingerprint density at radius 3 is 2.58 bits per heavy atom. The average Bonchev–Trinajstić information content (AvgIpc) is 3.01. The van der Waals surface area contributed by atoms with Crippen molar-refractivity contribution in [1.82, 2.24) is 15.0 Å². The molecule has 0 saturated heterocycles. The molecule has 24 heavy (non-hydrogen) atoms. The number of carbonyl (C=O) groups excluding carboxylic acids is 2. The second kappa shape index (κ2) is 6.57. The molecule has 0 aliphatic carbocycles. The fourth-order valence-electron chi connectivity index (χ4n) is 1.77. The molecule has 2 heterocycles. The molecule has 0 radical (unpaired) electrons. The number of amides is 1. The number of esters is 1. The van der Waals surface area contributed by atoms with Crippen LogP contribution in [0.25, 0.3) is 0 Å². The van der Waals surface area contributed by atoms with Crippen LogP contribution in [0.15, 0.2) is 53.5 Å². The summed E-state index contributed by atoms with van der Waals surface area (Å²) in [6.45, 7) is 0. The van der Waals surface area contributed by atoms with Crippen molar-refractivity contribution in [2.24, 2.45) is 0 Å². The molecule has 120 valence electrons. The van der Waals surface area contributed by atoms with Gasteiger partial charge in [0.2, 0.25) is 0 Å². The number of nitrogens with one attached hydrogen (secondary N) is 1. The van der Waals surface area contributed by atoms with Gasteiger partial charge in [-0.25, -0.2) is 9.78 Å². The van der Waals surface area contributed by atoms with Gasteiger partial charge in [0, 0.05) is 18.0 Å². The summed E-state index contributed by atoms with van der Waals surface area (Å²) in [5.41, 5.74) is 5.75. The average molecular weight is 325 g/mol. The predicted octanol–water partition coefficient (Wildman–Crippen LogP) is 1.52. The largest absolute Gasteiger partial charge is 0.430 e. The molecule has 9 nitrogen and oxygen atoms in total. The first kappa shape index (κ1) is 15.2. The molecule has 0 aliphatic rings. The summed E-state index contributed by atoms with van der Waals surface area (Å²) in [7, 11) is 0. The highest BCUT2D eigenvalue weighted by atomic mass is 16.5. The molecule has 0 aliphatic heterocycles. The Morgan fingerprint density at radius 2 is 1.96 bits per heavy atom. The van der Waals surface area contributed by atoms with Crippen molar-refractivity contribution in [3.63, 3.8) is 0 Å². The quantitative estimate of drug-likeness (QED) is 0.545. The van der Waals surface area contributed by atoms with E-state index in [2.05, 4.69) is 20.3 Å². The van der Waals surface area contributed by atoms with Crippen LogP contribution in [0.2, 0.25) is 0 Å². The molecular weight excluding hydrogens is 314 g/mol. The normalized spacial score (nSPS) is 10.2. The molecule has 0 unspecified atom stereocenters. The summed E-state index contributed by atoms with van der Waals surface area (Å²) < 4.78 is 9.93. The van der Waals surface area contributed by atoms with Crippen LogP contribution in [-0.4, -0.2) is 26.8 Å². The van der Waals surface area contributed by atoms with Crippen molar-refractivity contribution in [3.8, 4) is 5.75 Å². The molecule has 0 saturated carbocycles. The number of aromatic nitrogens is 3. The van der Waals surface area contributed by atoms with Crippen LogP contribution in [0.5, 0.6) is 5.75 Å². The third-order valence-corrected chi connectivity index (χ3v) is 2.86. The lowest BCUT2D eigenvalue weighted by Gasteiger charge is -2.05. The summed E-state index contributed by atoms with van der Waals surface area (Å²) in [5, 5.41) is 2.52. The highest BCUT2D eigenvalue weighted by molar-refractivity contribution is 6.03. The van der Waals surface area contributed by atoms with E-state index in [0.717, 1.165) is 0 Å². The van der Waals surface area contributed by atoms with Gasteiger partial charge in [-0.05, 0) is 24.3 Å². The second-order valence-corrected chi connectivity index (χ2v) is 4.53. The lowest BCUT2D eigenvalue weighted by molar-refractivity contribution is 0.0728. The Morgan fingerprint density at radius 1 is 1.17 bits per heavy atom. The summed E-state index contributed by atoms with van der Waals surface area (Å²) in [6, 6.07) is 5.92. The third kappa shape index (κ3) is 3.53. The SMILES string of the molecule is Nc1nc(NC(=O)c2ccc(OC(=O)c3cnccn3)cc2)co1. The third-order valence-electron chi connectivity index (χ3n) is 2.86. The minimum absolute atomic E-state index is 0.0448. The van der Waals surface area contributed by atoms with Gasteiger partial charge in [0.1, 0.15) is 12.0 Å². The van der Waals surface area contributed by atoms with Gasteiger partial charge >= 0.3 is 5.97 Å². The second-order valence-electron chi connectivity index (χ2n) is 4.53. The van der Waals surface area contributed by atoms with E-state index in [4.69, 9.17) is 14.9 Å². The number of oxazole rings is 1. The van der Waals surface area contributed by atoms with E-state index in [1.54, 1.807) is 0 Å². The van der Waals surface area contributed by atoms with E-state index in [0.29, 0.717) is 5.56 Å². The van der Waals surface area contributed by atoms with Gasteiger partial charge in [-0.3, -0.25) is 9.78 Å². The van der Waals surface area contributed by atoms with Crippen molar-refractivity contribution in [3.05, 3.63) is 60.4 Å². The molecule has 0 bridgehead atoms. The van der Waals surface area contributed by atoms with Crippen LogP contribution in [0.4, 0.5) is 11.8 Å². The van der Waals surface area contributed by atoms with Gasteiger partial charge in [0.15, 0.2) is 11.5 Å². The van der Waals surface area contributed by atoms with Gasteiger partial charge in [-0.15, -0.1) is 0 Å². The fraction of sp³-hybridized carbons (Fsp3) is 0. The first-order valence-corrected chi connectivity index (χ1v) is 6.72. The molecule has 3 N–H and O–H groups in total. The lowest BCUT2D eigenvalue weighted by Crippen LogP contribution is -2.13. The number of nitrogen functional groups attached to an aromatic ring is 1. The lowest BCUT2D eigenvalue weighted by atomic mass is 10.2. The maximum Gasteiger partial charge on any atom is 0.363 e. The molecular formula is C15H11N5O4. The van der Waals surface area contributed by atoms with Crippen LogP contribution in [0.3, 0.4) is 0 Å². The minimum Gasteiger partial charge on any atom is -0.430 e. The zero-order valence-electron chi connectivity index (χ0n) is 12.2. The Balaban J connectivity index is 1.64. The van der Waals surface area contributed by atoms with Crippen molar-refractivity contribution in [1.29, 1.82) is 0 Å². The van der Waals surface area contributed by atoms with E-state index in [1.165, 1.54) is 49.1 Å². The Bertz CT molecular complexity index is 861. The topological polar surface area (TPSA) is 133 Å². The zero-order chi connectivity index (χ0) is 16.9. The standard InChI is InChI=1S/C15H11N5O4/c16-15-20-12(8-23-15)19-13(21)9-1-3-10(4-2-9)24-14(22)11-7-17-5-6-18-11/h1-8H,(H2,16,20)(H,19,21). The monoisotopic (exact) mass is 325 g/mol. The van der Waals surface area contributed by atoms with Crippen LogP contribution in [0, 0.1) is 0 Å². The van der Waals surface area contributed by atoms with Crippen molar-refractivity contribution < 1.29 is 18.7 Å². The zero-order valence-corrected chi connectivity index (χ0v) is 12.2. The highest BCUT2D eigenvalue weighted by Gasteiger charge is 2.12. The molecule has 3 rings (SSSR count).